The van der Waals surface area contributed by atoms with E-state index in [1.807, 2.05) is 19.0 Å². The number of likely N-dealkylation sites (tertiary alicyclic amines) is 1. The van der Waals surface area contributed by atoms with Crippen LogP contribution in [0.15, 0.2) is 0 Å². The maximum atomic E-state index is 12.1. The number of nitrogens with zero attached hydrogens (tertiary/aromatic N) is 2. The summed E-state index contributed by atoms with van der Waals surface area (Å²) in [4.78, 5) is 16.2. The van der Waals surface area contributed by atoms with Gasteiger partial charge in [0.15, 0.2) is 0 Å². The Morgan fingerprint density at radius 1 is 1.56 bits per heavy atom. The molecule has 1 heterocycles. The van der Waals surface area contributed by atoms with Crippen molar-refractivity contribution in [3.05, 3.63) is 0 Å². The lowest BCUT2D eigenvalue weighted by atomic mass is 10.1. The lowest BCUT2D eigenvalue weighted by Gasteiger charge is -2.29. The highest BCUT2D eigenvalue weighted by Crippen LogP contribution is 2.19. The summed E-state index contributed by atoms with van der Waals surface area (Å²) in [5, 5.41) is 0. The van der Waals surface area contributed by atoms with Gasteiger partial charge in [-0.05, 0) is 33.4 Å². The van der Waals surface area contributed by atoms with E-state index >= 15 is 0 Å². The third-order valence-electron chi connectivity index (χ3n) is 3.15. The van der Waals surface area contributed by atoms with Crippen LogP contribution >= 0.6 is 0 Å². The van der Waals surface area contributed by atoms with Crippen LogP contribution in [0, 0.1) is 0 Å². The van der Waals surface area contributed by atoms with Crippen molar-refractivity contribution in [1.29, 1.82) is 0 Å². The first-order chi connectivity index (χ1) is 7.56. The van der Waals surface area contributed by atoms with Crippen molar-refractivity contribution < 1.29 is 4.79 Å². The van der Waals surface area contributed by atoms with Gasteiger partial charge in [0.25, 0.3) is 0 Å². The Morgan fingerprint density at radius 3 is 2.81 bits per heavy atom. The van der Waals surface area contributed by atoms with Crippen molar-refractivity contribution in [3.63, 3.8) is 0 Å². The van der Waals surface area contributed by atoms with Crippen LogP contribution < -0.4 is 5.73 Å². The highest BCUT2D eigenvalue weighted by Gasteiger charge is 2.31. The first-order valence-corrected chi connectivity index (χ1v) is 6.27. The van der Waals surface area contributed by atoms with Gasteiger partial charge < -0.3 is 15.5 Å². The van der Waals surface area contributed by atoms with Gasteiger partial charge in [-0.3, -0.25) is 4.79 Å². The minimum atomic E-state index is -0.298. The van der Waals surface area contributed by atoms with Crippen molar-refractivity contribution in [2.24, 2.45) is 5.73 Å². The molecule has 0 aromatic heterocycles. The van der Waals surface area contributed by atoms with Crippen molar-refractivity contribution in [1.82, 2.24) is 9.80 Å². The van der Waals surface area contributed by atoms with E-state index in [1.165, 1.54) is 0 Å². The standard InChI is InChI=1S/C12H25N3O/c1-4-6-11(13)12(16)15-8-5-7-10(15)9-14(2)3/h10-11H,4-9,13H2,1-3H3/t10?,11-/m0/s1. The van der Waals surface area contributed by atoms with E-state index in [9.17, 15) is 4.79 Å². The van der Waals surface area contributed by atoms with Crippen molar-refractivity contribution >= 4 is 5.91 Å². The normalized spacial score (nSPS) is 22.8. The Morgan fingerprint density at radius 2 is 2.25 bits per heavy atom. The molecule has 0 bridgehead atoms. The van der Waals surface area contributed by atoms with E-state index in [4.69, 9.17) is 5.73 Å². The molecule has 1 rings (SSSR count). The molecule has 0 aromatic carbocycles. The van der Waals surface area contributed by atoms with Gasteiger partial charge in [-0.1, -0.05) is 13.3 Å². The molecule has 94 valence electrons. The van der Waals surface area contributed by atoms with E-state index in [2.05, 4.69) is 11.8 Å². The molecule has 1 saturated heterocycles. The summed E-state index contributed by atoms with van der Waals surface area (Å²) in [6, 6.07) is 0.0677. The number of hydrogen-bond donors (Lipinski definition) is 1. The molecule has 0 spiro atoms. The highest BCUT2D eigenvalue weighted by atomic mass is 16.2. The molecule has 1 amide bonds. The van der Waals surface area contributed by atoms with Gasteiger partial charge in [-0.2, -0.15) is 0 Å². The second kappa shape index (κ2) is 6.21. The molecular formula is C12H25N3O. The minimum Gasteiger partial charge on any atom is -0.337 e. The summed E-state index contributed by atoms with van der Waals surface area (Å²) in [5.74, 6) is 0.145. The summed E-state index contributed by atoms with van der Waals surface area (Å²) in [6.07, 6.45) is 4.00. The molecule has 0 radical (unpaired) electrons. The molecule has 0 aromatic rings. The zero-order valence-corrected chi connectivity index (χ0v) is 10.8. The van der Waals surface area contributed by atoms with E-state index in [-0.39, 0.29) is 11.9 Å². The number of amides is 1. The maximum Gasteiger partial charge on any atom is 0.239 e. The summed E-state index contributed by atoms with van der Waals surface area (Å²) in [6.45, 7) is 3.90. The van der Waals surface area contributed by atoms with Crippen LogP contribution in [0.25, 0.3) is 0 Å². The fourth-order valence-electron chi connectivity index (χ4n) is 2.38. The predicted molar refractivity (Wildman–Crippen MR) is 66.2 cm³/mol. The predicted octanol–water partition coefficient (Wildman–Crippen LogP) is 0.666. The zero-order chi connectivity index (χ0) is 12.1. The van der Waals surface area contributed by atoms with Gasteiger partial charge in [0.2, 0.25) is 5.91 Å². The molecule has 1 fully saturated rings. The Labute approximate surface area is 98.8 Å². The SMILES string of the molecule is CCC[C@H](N)C(=O)N1CCCC1CN(C)C. The van der Waals surface area contributed by atoms with Crippen molar-refractivity contribution in [2.75, 3.05) is 27.2 Å². The zero-order valence-electron chi connectivity index (χ0n) is 10.8. The average Bonchev–Trinajstić information content (AvgIpc) is 2.64. The average molecular weight is 227 g/mol. The quantitative estimate of drug-likeness (QED) is 0.751. The first-order valence-electron chi connectivity index (χ1n) is 6.27. The van der Waals surface area contributed by atoms with Crippen LogP contribution in [0.5, 0.6) is 0 Å². The Balaban J connectivity index is 2.53. The number of hydrogen-bond acceptors (Lipinski definition) is 3. The molecule has 1 unspecified atom stereocenters. The van der Waals surface area contributed by atoms with Crippen molar-refractivity contribution in [2.45, 2.75) is 44.7 Å². The van der Waals surface area contributed by atoms with Crippen LogP contribution in [-0.4, -0.2) is 55.0 Å². The maximum absolute atomic E-state index is 12.1. The van der Waals surface area contributed by atoms with Gasteiger partial charge in [0.05, 0.1) is 6.04 Å². The highest BCUT2D eigenvalue weighted by molar-refractivity contribution is 5.82. The number of carbonyl (C=O) groups is 1. The van der Waals surface area contributed by atoms with Crippen molar-refractivity contribution in [3.8, 4) is 0 Å². The van der Waals surface area contributed by atoms with Crippen LogP contribution in [0.3, 0.4) is 0 Å². The number of likely N-dealkylation sites (N-methyl/N-ethyl adjacent to an activating group) is 1. The molecule has 4 nitrogen and oxygen atoms in total. The molecule has 0 aliphatic carbocycles. The smallest absolute Gasteiger partial charge is 0.239 e. The van der Waals surface area contributed by atoms with Gasteiger partial charge in [0.1, 0.15) is 0 Å². The Kier molecular flexibility index (Phi) is 5.22. The second-order valence-electron chi connectivity index (χ2n) is 4.99. The Bertz CT molecular complexity index is 230. The number of carbonyl (C=O) groups excluding carboxylic acids is 1. The minimum absolute atomic E-state index is 0.145. The monoisotopic (exact) mass is 227 g/mol. The molecule has 16 heavy (non-hydrogen) atoms. The molecule has 2 N–H and O–H groups in total. The largest absolute Gasteiger partial charge is 0.337 e. The van der Waals surface area contributed by atoms with Gasteiger partial charge in [-0.25, -0.2) is 0 Å². The lowest BCUT2D eigenvalue weighted by molar-refractivity contribution is -0.133. The van der Waals surface area contributed by atoms with Gasteiger partial charge >= 0.3 is 0 Å². The van der Waals surface area contributed by atoms with Crippen LogP contribution in [0.2, 0.25) is 0 Å². The van der Waals surface area contributed by atoms with E-state index in [0.29, 0.717) is 6.04 Å². The third-order valence-corrected chi connectivity index (χ3v) is 3.15. The van der Waals surface area contributed by atoms with E-state index in [0.717, 1.165) is 38.8 Å². The fourth-order valence-corrected chi connectivity index (χ4v) is 2.38. The summed E-state index contributed by atoms with van der Waals surface area (Å²) >= 11 is 0. The first kappa shape index (κ1) is 13.5. The topological polar surface area (TPSA) is 49.6 Å². The summed E-state index contributed by atoms with van der Waals surface area (Å²) in [5.41, 5.74) is 5.90. The molecule has 1 aliphatic heterocycles. The molecule has 0 saturated carbocycles. The number of rotatable bonds is 5. The van der Waals surface area contributed by atoms with Gasteiger partial charge in [-0.15, -0.1) is 0 Å². The van der Waals surface area contributed by atoms with Crippen LogP contribution in [-0.2, 0) is 4.79 Å². The molecule has 4 heteroatoms. The van der Waals surface area contributed by atoms with Crippen LogP contribution in [0.1, 0.15) is 32.6 Å². The van der Waals surface area contributed by atoms with Crippen LogP contribution in [0.4, 0.5) is 0 Å². The molecular weight excluding hydrogens is 202 g/mol. The molecule has 2 atom stereocenters. The lowest BCUT2D eigenvalue weighted by Crippen LogP contribution is -2.48. The fraction of sp³-hybridized carbons (Fsp3) is 0.917. The third kappa shape index (κ3) is 3.46. The van der Waals surface area contributed by atoms with Gasteiger partial charge in [0, 0.05) is 19.1 Å². The molecule has 1 aliphatic rings. The van der Waals surface area contributed by atoms with E-state index < -0.39 is 0 Å². The second-order valence-corrected chi connectivity index (χ2v) is 4.99. The summed E-state index contributed by atoms with van der Waals surface area (Å²) in [7, 11) is 4.10. The Hall–Kier alpha value is -0.610. The number of nitrogens with two attached hydrogens (primary N) is 1. The summed E-state index contributed by atoms with van der Waals surface area (Å²) < 4.78 is 0. The van der Waals surface area contributed by atoms with E-state index in [1.54, 1.807) is 0 Å².